The van der Waals surface area contributed by atoms with Crippen LogP contribution in [0.5, 0.6) is 5.75 Å². The molecule has 0 saturated carbocycles. The van der Waals surface area contributed by atoms with Gasteiger partial charge in [-0.15, -0.1) is 0 Å². The van der Waals surface area contributed by atoms with Gasteiger partial charge >= 0.3 is 0 Å². The van der Waals surface area contributed by atoms with Crippen molar-refractivity contribution in [1.29, 1.82) is 5.26 Å². The van der Waals surface area contributed by atoms with Gasteiger partial charge in [-0.1, -0.05) is 17.3 Å². The fourth-order valence-electron chi connectivity index (χ4n) is 2.73. The molecule has 0 spiro atoms. The van der Waals surface area contributed by atoms with Crippen LogP contribution >= 0.6 is 0 Å². The van der Waals surface area contributed by atoms with Crippen LogP contribution in [0.3, 0.4) is 0 Å². The summed E-state index contributed by atoms with van der Waals surface area (Å²) in [4.78, 5) is 20.6. The highest BCUT2D eigenvalue weighted by atomic mass is 16.5. The highest BCUT2D eigenvalue weighted by Gasteiger charge is 2.32. The Bertz CT molecular complexity index is 798. The summed E-state index contributed by atoms with van der Waals surface area (Å²) in [5, 5.41) is 12.9. The van der Waals surface area contributed by atoms with E-state index in [0.29, 0.717) is 42.7 Å². The van der Waals surface area contributed by atoms with Crippen LogP contribution in [0.2, 0.25) is 0 Å². The van der Waals surface area contributed by atoms with Gasteiger partial charge in [-0.2, -0.15) is 10.2 Å². The van der Waals surface area contributed by atoms with E-state index in [0.717, 1.165) is 0 Å². The summed E-state index contributed by atoms with van der Waals surface area (Å²) in [6, 6.07) is 8.78. The Labute approximate surface area is 145 Å². The number of para-hydroxylation sites is 1. The zero-order valence-electron chi connectivity index (χ0n) is 14.2. The molecule has 0 N–H and O–H groups in total. The van der Waals surface area contributed by atoms with E-state index < -0.39 is 0 Å². The Morgan fingerprint density at radius 2 is 2.24 bits per heavy atom. The Balaban J connectivity index is 1.63. The number of amides is 1. The molecule has 130 valence electrons. The maximum atomic E-state index is 12.5. The lowest BCUT2D eigenvalue weighted by molar-refractivity contribution is -0.136. The summed E-state index contributed by atoms with van der Waals surface area (Å²) >= 11 is 0. The first kappa shape index (κ1) is 16.9. The quantitative estimate of drug-likeness (QED) is 0.823. The standard InChI is InChI=1S/C17H19N5O3/c1-12-19-17(25-20-12)14-10-22(8-7-21(14)2)16(23)11-24-15-6-4-3-5-13(15)9-18/h3-6,14H,7-8,10-11H2,1-2H3/t14-/m0/s1. The van der Waals surface area contributed by atoms with Crippen molar-refractivity contribution in [2.75, 3.05) is 33.3 Å². The van der Waals surface area contributed by atoms with Crippen molar-refractivity contribution < 1.29 is 14.1 Å². The molecule has 8 nitrogen and oxygen atoms in total. The number of nitrogens with zero attached hydrogens (tertiary/aromatic N) is 5. The lowest BCUT2D eigenvalue weighted by Gasteiger charge is -2.37. The fraction of sp³-hybridized carbons (Fsp3) is 0.412. The van der Waals surface area contributed by atoms with Crippen molar-refractivity contribution in [3.8, 4) is 11.8 Å². The van der Waals surface area contributed by atoms with Crippen LogP contribution < -0.4 is 4.74 Å². The van der Waals surface area contributed by atoms with E-state index in [9.17, 15) is 4.79 Å². The van der Waals surface area contributed by atoms with Crippen LogP contribution in [0.15, 0.2) is 28.8 Å². The predicted molar refractivity (Wildman–Crippen MR) is 87.6 cm³/mol. The molecule has 3 rings (SSSR count). The second-order valence-electron chi connectivity index (χ2n) is 5.91. The monoisotopic (exact) mass is 341 g/mol. The molecule has 1 aliphatic rings. The van der Waals surface area contributed by atoms with Gasteiger partial charge in [0.25, 0.3) is 5.91 Å². The molecule has 2 heterocycles. The van der Waals surface area contributed by atoms with Crippen LogP contribution in [0.25, 0.3) is 0 Å². The first-order chi connectivity index (χ1) is 12.1. The number of hydrogen-bond acceptors (Lipinski definition) is 7. The van der Waals surface area contributed by atoms with Crippen LogP contribution in [-0.2, 0) is 4.79 Å². The third-order valence-corrected chi connectivity index (χ3v) is 4.19. The number of aryl methyl sites for hydroxylation is 1. The zero-order valence-corrected chi connectivity index (χ0v) is 14.2. The molecule has 2 aromatic rings. The Morgan fingerprint density at radius 1 is 1.44 bits per heavy atom. The van der Waals surface area contributed by atoms with Crippen molar-refractivity contribution in [1.82, 2.24) is 19.9 Å². The normalized spacial score (nSPS) is 18.0. The number of carbonyl (C=O) groups is 1. The highest BCUT2D eigenvalue weighted by Crippen LogP contribution is 2.23. The molecule has 0 unspecified atom stereocenters. The molecule has 8 heteroatoms. The zero-order chi connectivity index (χ0) is 17.8. The minimum absolute atomic E-state index is 0.113. The van der Waals surface area contributed by atoms with Gasteiger partial charge in [0.05, 0.1) is 5.56 Å². The largest absolute Gasteiger partial charge is 0.482 e. The first-order valence-electron chi connectivity index (χ1n) is 7.98. The molecular weight excluding hydrogens is 322 g/mol. The number of likely N-dealkylation sites (N-methyl/N-ethyl adjacent to an activating group) is 1. The molecule has 1 atom stereocenters. The molecule has 1 aliphatic heterocycles. The summed E-state index contributed by atoms with van der Waals surface area (Å²) in [7, 11) is 1.96. The highest BCUT2D eigenvalue weighted by molar-refractivity contribution is 5.78. The Hall–Kier alpha value is -2.92. The van der Waals surface area contributed by atoms with Gasteiger partial charge < -0.3 is 14.2 Å². The number of ether oxygens (including phenoxy) is 1. The average molecular weight is 341 g/mol. The summed E-state index contributed by atoms with van der Waals surface area (Å²) < 4.78 is 10.8. The van der Waals surface area contributed by atoms with Crippen LogP contribution in [0, 0.1) is 18.3 Å². The number of benzene rings is 1. The summed E-state index contributed by atoms with van der Waals surface area (Å²) in [6.45, 7) is 3.41. The third kappa shape index (κ3) is 3.78. The predicted octanol–water partition coefficient (Wildman–Crippen LogP) is 1.14. The topological polar surface area (TPSA) is 95.5 Å². The number of nitriles is 1. The molecule has 1 aromatic heterocycles. The first-order valence-corrected chi connectivity index (χ1v) is 7.98. The SMILES string of the molecule is Cc1noc([C@@H]2CN(C(=O)COc3ccccc3C#N)CCN2C)n1. The number of aromatic nitrogens is 2. The van der Waals surface area contributed by atoms with E-state index in [4.69, 9.17) is 14.5 Å². The van der Waals surface area contributed by atoms with E-state index >= 15 is 0 Å². The number of hydrogen-bond donors (Lipinski definition) is 0. The molecule has 0 aliphatic carbocycles. The molecule has 1 aromatic carbocycles. The van der Waals surface area contributed by atoms with E-state index in [-0.39, 0.29) is 18.6 Å². The molecule has 0 radical (unpaired) electrons. The summed E-state index contributed by atoms with van der Waals surface area (Å²) in [5.74, 6) is 1.36. The van der Waals surface area contributed by atoms with Gasteiger partial charge in [-0.25, -0.2) is 0 Å². The Morgan fingerprint density at radius 3 is 2.96 bits per heavy atom. The van der Waals surface area contributed by atoms with Crippen molar-refractivity contribution in [3.05, 3.63) is 41.5 Å². The Kier molecular flexibility index (Phi) is 4.95. The van der Waals surface area contributed by atoms with Gasteiger partial charge in [-0.05, 0) is 26.1 Å². The minimum Gasteiger partial charge on any atom is -0.482 e. The van der Waals surface area contributed by atoms with Crippen LogP contribution in [0.1, 0.15) is 23.3 Å². The molecule has 1 saturated heterocycles. The van der Waals surface area contributed by atoms with Gasteiger partial charge in [0, 0.05) is 19.6 Å². The van der Waals surface area contributed by atoms with E-state index in [2.05, 4.69) is 21.1 Å². The summed E-state index contributed by atoms with van der Waals surface area (Å²) in [5.41, 5.74) is 0.410. The third-order valence-electron chi connectivity index (χ3n) is 4.19. The smallest absolute Gasteiger partial charge is 0.260 e. The van der Waals surface area contributed by atoms with Crippen LogP contribution in [0.4, 0.5) is 0 Å². The molecule has 0 bridgehead atoms. The van der Waals surface area contributed by atoms with Gasteiger partial charge in [-0.3, -0.25) is 9.69 Å². The number of piperazine rings is 1. The van der Waals surface area contributed by atoms with Gasteiger partial charge in [0.15, 0.2) is 12.4 Å². The number of carbonyl (C=O) groups excluding carboxylic acids is 1. The number of rotatable bonds is 4. The van der Waals surface area contributed by atoms with E-state index in [1.165, 1.54) is 0 Å². The van der Waals surface area contributed by atoms with Crippen molar-refractivity contribution in [2.45, 2.75) is 13.0 Å². The lowest BCUT2D eigenvalue weighted by Crippen LogP contribution is -2.50. The molecular formula is C17H19N5O3. The minimum atomic E-state index is -0.137. The van der Waals surface area contributed by atoms with Gasteiger partial charge in [0.1, 0.15) is 17.9 Å². The second kappa shape index (κ2) is 7.32. The van der Waals surface area contributed by atoms with E-state index in [1.807, 2.05) is 7.05 Å². The fourth-order valence-corrected chi connectivity index (χ4v) is 2.73. The second-order valence-corrected chi connectivity index (χ2v) is 5.91. The van der Waals surface area contributed by atoms with Crippen molar-refractivity contribution in [2.24, 2.45) is 0 Å². The lowest BCUT2D eigenvalue weighted by atomic mass is 10.1. The van der Waals surface area contributed by atoms with Crippen LogP contribution in [-0.4, -0.2) is 59.1 Å². The molecule has 1 amide bonds. The molecule has 1 fully saturated rings. The van der Waals surface area contributed by atoms with Crippen molar-refractivity contribution >= 4 is 5.91 Å². The van der Waals surface area contributed by atoms with Crippen molar-refractivity contribution in [3.63, 3.8) is 0 Å². The van der Waals surface area contributed by atoms with E-state index in [1.54, 1.807) is 36.1 Å². The maximum absolute atomic E-state index is 12.5. The van der Waals surface area contributed by atoms with Gasteiger partial charge in [0.2, 0.25) is 5.89 Å². The maximum Gasteiger partial charge on any atom is 0.260 e. The molecule has 25 heavy (non-hydrogen) atoms. The average Bonchev–Trinajstić information content (AvgIpc) is 3.06. The summed E-state index contributed by atoms with van der Waals surface area (Å²) in [6.07, 6.45) is 0.